The molecule has 0 fully saturated rings. The van der Waals surface area contributed by atoms with E-state index in [1.54, 1.807) is 18.3 Å². The first-order chi connectivity index (χ1) is 8.31. The van der Waals surface area contributed by atoms with Gasteiger partial charge < -0.3 is 9.73 Å². The summed E-state index contributed by atoms with van der Waals surface area (Å²) >= 11 is 0. The summed E-state index contributed by atoms with van der Waals surface area (Å²) in [6.45, 7) is 2.48. The van der Waals surface area contributed by atoms with Crippen molar-refractivity contribution in [3.63, 3.8) is 0 Å². The van der Waals surface area contributed by atoms with Crippen LogP contribution in [0.15, 0.2) is 41.1 Å². The number of aromatic nitrogens is 1. The third kappa shape index (κ3) is 2.72. The Morgan fingerprint density at radius 2 is 2.29 bits per heavy atom. The molecule has 0 aromatic carbocycles. The van der Waals surface area contributed by atoms with Crippen LogP contribution in [0.25, 0.3) is 0 Å². The highest BCUT2D eigenvalue weighted by Gasteiger charge is 2.09. The average Bonchev–Trinajstić information content (AvgIpc) is 2.90. The summed E-state index contributed by atoms with van der Waals surface area (Å²) < 4.78 is 5.01. The standard InChI is InChI=1S/C13H14N2O2/c1-2-10-5-3-7-14-11(10)9-15-13(16)12-6-4-8-17-12/h3-8H,2,9H2,1H3,(H,15,16). The van der Waals surface area contributed by atoms with Gasteiger partial charge >= 0.3 is 0 Å². The minimum atomic E-state index is -0.220. The van der Waals surface area contributed by atoms with Crippen molar-refractivity contribution in [1.29, 1.82) is 0 Å². The van der Waals surface area contributed by atoms with Gasteiger partial charge in [0.15, 0.2) is 5.76 Å². The first kappa shape index (κ1) is 11.4. The molecule has 2 aromatic rings. The molecule has 0 aliphatic heterocycles. The van der Waals surface area contributed by atoms with Crippen molar-refractivity contribution >= 4 is 5.91 Å². The van der Waals surface area contributed by atoms with Crippen LogP contribution in [-0.4, -0.2) is 10.9 Å². The summed E-state index contributed by atoms with van der Waals surface area (Å²) in [7, 11) is 0. The number of carbonyl (C=O) groups is 1. The van der Waals surface area contributed by atoms with Crippen molar-refractivity contribution in [3.05, 3.63) is 53.7 Å². The predicted molar refractivity (Wildman–Crippen MR) is 63.5 cm³/mol. The minimum absolute atomic E-state index is 0.220. The number of rotatable bonds is 4. The lowest BCUT2D eigenvalue weighted by atomic mass is 10.1. The van der Waals surface area contributed by atoms with Crippen molar-refractivity contribution in [3.8, 4) is 0 Å². The smallest absolute Gasteiger partial charge is 0.287 e. The SMILES string of the molecule is CCc1cccnc1CNC(=O)c1ccco1. The molecule has 2 heterocycles. The number of amides is 1. The van der Waals surface area contributed by atoms with Gasteiger partial charge in [-0.1, -0.05) is 13.0 Å². The zero-order valence-corrected chi connectivity index (χ0v) is 9.64. The largest absolute Gasteiger partial charge is 0.459 e. The molecule has 2 aromatic heterocycles. The van der Waals surface area contributed by atoms with Gasteiger partial charge in [-0.3, -0.25) is 9.78 Å². The van der Waals surface area contributed by atoms with E-state index in [0.29, 0.717) is 12.3 Å². The quantitative estimate of drug-likeness (QED) is 0.875. The number of hydrogen-bond donors (Lipinski definition) is 1. The van der Waals surface area contributed by atoms with Crippen LogP contribution in [0.5, 0.6) is 0 Å². The van der Waals surface area contributed by atoms with Crippen LogP contribution >= 0.6 is 0 Å². The van der Waals surface area contributed by atoms with Gasteiger partial charge in [-0.25, -0.2) is 0 Å². The summed E-state index contributed by atoms with van der Waals surface area (Å²) in [5.74, 6) is 0.0988. The topological polar surface area (TPSA) is 55.1 Å². The second-order valence-corrected chi connectivity index (χ2v) is 3.62. The summed E-state index contributed by atoms with van der Waals surface area (Å²) in [5, 5.41) is 2.78. The van der Waals surface area contributed by atoms with E-state index in [1.165, 1.54) is 6.26 Å². The molecule has 1 amide bonds. The fourth-order valence-corrected chi connectivity index (χ4v) is 1.61. The van der Waals surface area contributed by atoms with Gasteiger partial charge in [0.25, 0.3) is 5.91 Å². The number of nitrogens with one attached hydrogen (secondary N) is 1. The third-order valence-corrected chi connectivity index (χ3v) is 2.53. The predicted octanol–water partition coefficient (Wildman–Crippen LogP) is 2.17. The number of hydrogen-bond acceptors (Lipinski definition) is 3. The second-order valence-electron chi connectivity index (χ2n) is 3.62. The zero-order valence-electron chi connectivity index (χ0n) is 9.64. The fourth-order valence-electron chi connectivity index (χ4n) is 1.61. The van der Waals surface area contributed by atoms with Gasteiger partial charge in [-0.05, 0) is 30.2 Å². The summed E-state index contributed by atoms with van der Waals surface area (Å²) in [5.41, 5.74) is 2.04. The Labute approximate surface area is 99.7 Å². The molecule has 0 radical (unpaired) electrons. The maximum atomic E-state index is 11.6. The Hall–Kier alpha value is -2.10. The molecule has 0 saturated carbocycles. The first-order valence-corrected chi connectivity index (χ1v) is 5.55. The van der Waals surface area contributed by atoms with E-state index < -0.39 is 0 Å². The molecule has 4 heteroatoms. The highest BCUT2D eigenvalue weighted by molar-refractivity contribution is 5.91. The first-order valence-electron chi connectivity index (χ1n) is 5.55. The molecule has 0 bridgehead atoms. The fraction of sp³-hybridized carbons (Fsp3) is 0.231. The van der Waals surface area contributed by atoms with E-state index in [2.05, 4.69) is 17.2 Å². The molecule has 0 spiro atoms. The monoisotopic (exact) mass is 230 g/mol. The maximum Gasteiger partial charge on any atom is 0.287 e. The van der Waals surface area contributed by atoms with E-state index in [-0.39, 0.29) is 5.91 Å². The third-order valence-electron chi connectivity index (χ3n) is 2.53. The van der Waals surface area contributed by atoms with Gasteiger partial charge in [0, 0.05) is 6.20 Å². The Morgan fingerprint density at radius 3 is 3.00 bits per heavy atom. The van der Waals surface area contributed by atoms with Gasteiger partial charge in [-0.2, -0.15) is 0 Å². The Bertz CT molecular complexity index is 492. The number of carbonyl (C=O) groups excluding carboxylic acids is 1. The van der Waals surface area contributed by atoms with E-state index in [4.69, 9.17) is 4.42 Å². The Kier molecular flexibility index (Phi) is 3.55. The van der Waals surface area contributed by atoms with Crippen LogP contribution in [0.2, 0.25) is 0 Å². The van der Waals surface area contributed by atoms with Gasteiger partial charge in [0.2, 0.25) is 0 Å². The number of pyridine rings is 1. The molecule has 1 N–H and O–H groups in total. The van der Waals surface area contributed by atoms with E-state index in [9.17, 15) is 4.79 Å². The lowest BCUT2D eigenvalue weighted by Crippen LogP contribution is -2.23. The summed E-state index contributed by atoms with van der Waals surface area (Å²) in [6.07, 6.45) is 4.11. The lowest BCUT2D eigenvalue weighted by molar-refractivity contribution is 0.0922. The number of aryl methyl sites for hydroxylation is 1. The number of furan rings is 1. The molecular weight excluding hydrogens is 216 g/mol. The summed E-state index contributed by atoms with van der Waals surface area (Å²) in [4.78, 5) is 15.9. The van der Waals surface area contributed by atoms with Crippen molar-refractivity contribution in [2.45, 2.75) is 19.9 Å². The van der Waals surface area contributed by atoms with E-state index >= 15 is 0 Å². The molecule has 4 nitrogen and oxygen atoms in total. The molecule has 0 saturated heterocycles. The van der Waals surface area contributed by atoms with E-state index in [1.807, 2.05) is 12.1 Å². The molecule has 0 atom stereocenters. The van der Waals surface area contributed by atoms with Crippen LogP contribution in [0.1, 0.15) is 28.7 Å². The Morgan fingerprint density at radius 1 is 1.41 bits per heavy atom. The van der Waals surface area contributed by atoms with Crippen molar-refractivity contribution in [2.24, 2.45) is 0 Å². The normalized spacial score (nSPS) is 10.2. The second kappa shape index (κ2) is 5.30. The van der Waals surface area contributed by atoms with Crippen molar-refractivity contribution in [2.75, 3.05) is 0 Å². The summed E-state index contributed by atoms with van der Waals surface area (Å²) in [6, 6.07) is 7.24. The molecule has 88 valence electrons. The molecule has 2 rings (SSSR count). The molecule has 0 aliphatic carbocycles. The maximum absolute atomic E-state index is 11.6. The lowest BCUT2D eigenvalue weighted by Gasteiger charge is -2.06. The van der Waals surface area contributed by atoms with Gasteiger partial charge in [0.1, 0.15) is 0 Å². The van der Waals surface area contributed by atoms with Crippen molar-refractivity contribution in [1.82, 2.24) is 10.3 Å². The van der Waals surface area contributed by atoms with Crippen LogP contribution in [-0.2, 0) is 13.0 Å². The van der Waals surface area contributed by atoms with Crippen LogP contribution in [0, 0.1) is 0 Å². The molecule has 0 unspecified atom stereocenters. The minimum Gasteiger partial charge on any atom is -0.459 e. The van der Waals surface area contributed by atoms with E-state index in [0.717, 1.165) is 17.7 Å². The molecular formula is C13H14N2O2. The molecule has 0 aliphatic rings. The van der Waals surface area contributed by atoms with Crippen molar-refractivity contribution < 1.29 is 9.21 Å². The molecule has 17 heavy (non-hydrogen) atoms. The van der Waals surface area contributed by atoms with Crippen LogP contribution in [0.3, 0.4) is 0 Å². The van der Waals surface area contributed by atoms with Gasteiger partial charge in [0.05, 0.1) is 18.5 Å². The number of nitrogens with zero attached hydrogens (tertiary/aromatic N) is 1. The Balaban J connectivity index is 2.00. The zero-order chi connectivity index (χ0) is 12.1. The highest BCUT2D eigenvalue weighted by atomic mass is 16.3. The average molecular weight is 230 g/mol. The van der Waals surface area contributed by atoms with Crippen LogP contribution in [0.4, 0.5) is 0 Å². The highest BCUT2D eigenvalue weighted by Crippen LogP contribution is 2.06. The van der Waals surface area contributed by atoms with Gasteiger partial charge in [-0.15, -0.1) is 0 Å². The van der Waals surface area contributed by atoms with Crippen LogP contribution < -0.4 is 5.32 Å².